The van der Waals surface area contributed by atoms with E-state index in [0.717, 1.165) is 4.31 Å². The smallest absolute Gasteiger partial charge is 0.258 e. The molecule has 1 amide bonds. The Morgan fingerprint density at radius 1 is 0.909 bits per heavy atom. The van der Waals surface area contributed by atoms with Crippen molar-refractivity contribution in [2.24, 2.45) is 0 Å². The van der Waals surface area contributed by atoms with Gasteiger partial charge < -0.3 is 10.1 Å². The molecule has 0 aliphatic heterocycles. The minimum Gasteiger partial charge on any atom is -0.484 e. The summed E-state index contributed by atoms with van der Waals surface area (Å²) in [7, 11) is -0.756. The summed E-state index contributed by atoms with van der Waals surface area (Å²) in [5.74, 6) is -0.725. The molecule has 0 spiro atoms. The van der Waals surface area contributed by atoms with Crippen LogP contribution in [-0.4, -0.2) is 45.1 Å². The second-order valence-corrected chi connectivity index (χ2v) is 9.44. The average molecular weight is 471 g/mol. The number of halogens is 1. The number of rotatable bonds is 9. The van der Waals surface area contributed by atoms with E-state index in [1.807, 2.05) is 0 Å². The highest BCUT2D eigenvalue weighted by molar-refractivity contribution is 7.89. The molecule has 0 unspecified atom stereocenters. The van der Waals surface area contributed by atoms with Gasteiger partial charge in [0.1, 0.15) is 11.6 Å². The molecule has 0 saturated carbocycles. The number of ketones is 1. The minimum absolute atomic E-state index is 0.0244. The molecule has 7 nitrogen and oxygen atoms in total. The van der Waals surface area contributed by atoms with Crippen LogP contribution in [0.5, 0.6) is 5.75 Å². The zero-order valence-electron chi connectivity index (χ0n) is 18.1. The molecule has 0 aliphatic carbocycles. The van der Waals surface area contributed by atoms with Crippen molar-refractivity contribution < 1.29 is 27.1 Å². The van der Waals surface area contributed by atoms with E-state index in [-0.39, 0.29) is 23.8 Å². The summed E-state index contributed by atoms with van der Waals surface area (Å²) >= 11 is 0. The van der Waals surface area contributed by atoms with Crippen molar-refractivity contribution in [1.29, 1.82) is 0 Å². The zero-order valence-corrected chi connectivity index (χ0v) is 18.9. The highest BCUT2D eigenvalue weighted by Gasteiger charge is 2.20. The summed E-state index contributed by atoms with van der Waals surface area (Å²) in [6, 6.07) is 17.9. The molecule has 1 N–H and O–H groups in total. The van der Waals surface area contributed by atoms with Gasteiger partial charge in [-0.3, -0.25) is 9.59 Å². The lowest BCUT2D eigenvalue weighted by Crippen LogP contribution is -2.30. The summed E-state index contributed by atoms with van der Waals surface area (Å²) in [5.41, 5.74) is 1.22. The molecule has 3 aromatic rings. The van der Waals surface area contributed by atoms with E-state index in [1.54, 1.807) is 42.5 Å². The molecule has 0 aliphatic rings. The van der Waals surface area contributed by atoms with Crippen LogP contribution in [0.15, 0.2) is 77.7 Å². The van der Waals surface area contributed by atoms with Gasteiger partial charge in [0, 0.05) is 31.8 Å². The van der Waals surface area contributed by atoms with E-state index < -0.39 is 21.7 Å². The van der Waals surface area contributed by atoms with Gasteiger partial charge in [-0.25, -0.2) is 17.1 Å². The third-order valence-corrected chi connectivity index (χ3v) is 6.72. The SMILES string of the molecule is CN(C)S(=O)(=O)c1ccccc1CNC(=O)COc1ccc(C(=O)c2ccc(F)cc2)cc1. The summed E-state index contributed by atoms with van der Waals surface area (Å²) in [5, 5.41) is 2.64. The summed E-state index contributed by atoms with van der Waals surface area (Å²) in [4.78, 5) is 24.7. The van der Waals surface area contributed by atoms with Gasteiger partial charge in [0.2, 0.25) is 10.0 Å². The lowest BCUT2D eigenvalue weighted by molar-refractivity contribution is -0.123. The number of ether oxygens (including phenoxy) is 1. The Kier molecular flexibility index (Phi) is 7.57. The molecule has 0 radical (unpaired) electrons. The van der Waals surface area contributed by atoms with Gasteiger partial charge in [0.15, 0.2) is 12.4 Å². The number of nitrogens with one attached hydrogen (secondary N) is 1. The molecule has 0 aromatic heterocycles. The molecule has 3 rings (SSSR count). The Hall–Kier alpha value is -3.56. The number of hydrogen-bond acceptors (Lipinski definition) is 5. The van der Waals surface area contributed by atoms with Gasteiger partial charge in [-0.15, -0.1) is 0 Å². The predicted octanol–water partition coefficient (Wildman–Crippen LogP) is 3.00. The fourth-order valence-corrected chi connectivity index (χ4v) is 4.08. The standard InChI is InChI=1S/C24H23FN2O5S/c1-27(2)33(30,31)22-6-4-3-5-19(22)15-26-23(28)16-32-21-13-9-18(10-14-21)24(29)17-7-11-20(25)12-8-17/h3-14H,15-16H2,1-2H3,(H,26,28). The molecular weight excluding hydrogens is 447 g/mol. The van der Waals surface area contributed by atoms with E-state index in [4.69, 9.17) is 4.74 Å². The van der Waals surface area contributed by atoms with Crippen molar-refractivity contribution in [3.05, 3.63) is 95.3 Å². The number of benzene rings is 3. The molecule has 172 valence electrons. The van der Waals surface area contributed by atoms with Crippen LogP contribution < -0.4 is 10.1 Å². The van der Waals surface area contributed by atoms with Gasteiger partial charge in [-0.2, -0.15) is 0 Å². The van der Waals surface area contributed by atoms with Crippen LogP contribution in [0, 0.1) is 5.82 Å². The Morgan fingerprint density at radius 2 is 1.48 bits per heavy atom. The highest BCUT2D eigenvalue weighted by atomic mass is 32.2. The normalized spacial score (nSPS) is 11.3. The third-order valence-electron chi connectivity index (χ3n) is 4.80. The first-order chi connectivity index (χ1) is 15.7. The van der Waals surface area contributed by atoms with Gasteiger partial charge in [0.05, 0.1) is 4.90 Å². The fourth-order valence-electron chi connectivity index (χ4n) is 2.96. The number of hydrogen-bond donors (Lipinski definition) is 1. The first-order valence-electron chi connectivity index (χ1n) is 9.99. The third kappa shape index (κ3) is 6.03. The summed E-state index contributed by atoms with van der Waals surface area (Å²) in [6.45, 7) is -0.260. The fraction of sp³-hybridized carbons (Fsp3) is 0.167. The molecule has 0 fully saturated rings. The van der Waals surface area contributed by atoms with E-state index in [1.165, 1.54) is 44.4 Å². The molecule has 0 bridgehead atoms. The monoisotopic (exact) mass is 470 g/mol. The van der Waals surface area contributed by atoms with Crippen molar-refractivity contribution in [3.63, 3.8) is 0 Å². The van der Waals surface area contributed by atoms with E-state index in [2.05, 4.69) is 5.32 Å². The Bertz CT molecular complexity index is 1240. The van der Waals surface area contributed by atoms with Gasteiger partial charge in [-0.1, -0.05) is 18.2 Å². The number of carbonyl (C=O) groups is 2. The second kappa shape index (κ2) is 10.4. The maximum absolute atomic E-state index is 13.0. The molecule has 0 saturated heterocycles. The van der Waals surface area contributed by atoms with Crippen LogP contribution in [0.3, 0.4) is 0 Å². The largest absolute Gasteiger partial charge is 0.484 e. The summed E-state index contributed by atoms with van der Waals surface area (Å²) in [6.07, 6.45) is 0. The second-order valence-electron chi connectivity index (χ2n) is 7.32. The topological polar surface area (TPSA) is 92.8 Å². The van der Waals surface area contributed by atoms with Crippen LogP contribution in [0.4, 0.5) is 4.39 Å². The van der Waals surface area contributed by atoms with Crippen molar-refractivity contribution >= 4 is 21.7 Å². The number of nitrogens with zero attached hydrogens (tertiary/aromatic N) is 1. The van der Waals surface area contributed by atoms with Gasteiger partial charge in [-0.05, 0) is 60.2 Å². The molecule has 3 aromatic carbocycles. The Labute approximate surface area is 191 Å². The van der Waals surface area contributed by atoms with Crippen molar-refractivity contribution in [1.82, 2.24) is 9.62 Å². The van der Waals surface area contributed by atoms with E-state index >= 15 is 0 Å². The van der Waals surface area contributed by atoms with Gasteiger partial charge >= 0.3 is 0 Å². The lowest BCUT2D eigenvalue weighted by atomic mass is 10.0. The maximum Gasteiger partial charge on any atom is 0.258 e. The molecular formula is C24H23FN2O5S. The Balaban J connectivity index is 1.56. The van der Waals surface area contributed by atoms with E-state index in [0.29, 0.717) is 22.4 Å². The quantitative estimate of drug-likeness (QED) is 0.486. The summed E-state index contributed by atoms with van der Waals surface area (Å²) < 4.78 is 44.5. The minimum atomic E-state index is -3.64. The van der Waals surface area contributed by atoms with Crippen molar-refractivity contribution in [2.45, 2.75) is 11.4 Å². The highest BCUT2D eigenvalue weighted by Crippen LogP contribution is 2.19. The van der Waals surface area contributed by atoms with Crippen LogP contribution in [0.25, 0.3) is 0 Å². The van der Waals surface area contributed by atoms with Crippen LogP contribution >= 0.6 is 0 Å². The maximum atomic E-state index is 13.0. The van der Waals surface area contributed by atoms with Crippen LogP contribution in [0.1, 0.15) is 21.5 Å². The number of amides is 1. The molecule has 0 heterocycles. The number of carbonyl (C=O) groups excluding carboxylic acids is 2. The van der Waals surface area contributed by atoms with Crippen molar-refractivity contribution in [2.75, 3.05) is 20.7 Å². The Morgan fingerprint density at radius 3 is 2.09 bits per heavy atom. The molecule has 33 heavy (non-hydrogen) atoms. The molecule has 0 atom stereocenters. The first-order valence-corrected chi connectivity index (χ1v) is 11.4. The van der Waals surface area contributed by atoms with Crippen LogP contribution in [0.2, 0.25) is 0 Å². The van der Waals surface area contributed by atoms with E-state index in [9.17, 15) is 22.4 Å². The molecule has 9 heteroatoms. The zero-order chi connectivity index (χ0) is 24.0. The number of sulfonamides is 1. The van der Waals surface area contributed by atoms with Crippen LogP contribution in [-0.2, 0) is 21.4 Å². The first kappa shape index (κ1) is 24.1. The average Bonchev–Trinajstić information content (AvgIpc) is 2.82. The van der Waals surface area contributed by atoms with Crippen molar-refractivity contribution in [3.8, 4) is 5.75 Å². The lowest BCUT2D eigenvalue weighted by Gasteiger charge is -2.15. The van der Waals surface area contributed by atoms with Gasteiger partial charge in [0.25, 0.3) is 5.91 Å². The predicted molar refractivity (Wildman–Crippen MR) is 121 cm³/mol.